The van der Waals surface area contributed by atoms with E-state index in [4.69, 9.17) is 0 Å². The number of nitrogens with zero attached hydrogens (tertiary/aromatic N) is 3. The number of para-hydroxylation sites is 1. The Morgan fingerprint density at radius 2 is 1.95 bits per heavy atom. The monoisotopic (exact) mass is 317 g/mol. The van der Waals surface area contributed by atoms with Crippen molar-refractivity contribution in [2.24, 2.45) is 0 Å². The summed E-state index contributed by atoms with van der Waals surface area (Å²) >= 11 is 0. The Balaban J connectivity index is 1.73. The van der Waals surface area contributed by atoms with Crippen LogP contribution in [0, 0.1) is 0 Å². The molecule has 1 aromatic carbocycles. The molecule has 116 valence electrons. The van der Waals surface area contributed by atoms with Gasteiger partial charge in [-0.25, -0.2) is 8.42 Å². The molecule has 5 nitrogen and oxygen atoms in total. The number of rotatable bonds is 2. The van der Waals surface area contributed by atoms with E-state index in [0.717, 1.165) is 24.9 Å². The van der Waals surface area contributed by atoms with Crippen LogP contribution in [0.1, 0.15) is 12.8 Å². The summed E-state index contributed by atoms with van der Waals surface area (Å²) in [5, 5.41) is 0.864. The van der Waals surface area contributed by atoms with Crippen LogP contribution in [0.2, 0.25) is 0 Å². The molecule has 0 N–H and O–H groups in total. The first-order valence-corrected chi connectivity index (χ1v) is 9.18. The van der Waals surface area contributed by atoms with Crippen molar-refractivity contribution in [2.45, 2.75) is 23.8 Å². The van der Waals surface area contributed by atoms with E-state index in [2.05, 4.69) is 9.88 Å². The molecule has 2 fully saturated rings. The third kappa shape index (κ3) is 2.22. The topological polar surface area (TPSA) is 53.5 Å². The predicted octanol–water partition coefficient (Wildman–Crippen LogP) is 1.70. The van der Waals surface area contributed by atoms with Crippen molar-refractivity contribution in [1.29, 1.82) is 0 Å². The van der Waals surface area contributed by atoms with Crippen molar-refractivity contribution < 1.29 is 8.42 Å². The Morgan fingerprint density at radius 1 is 1.09 bits per heavy atom. The highest BCUT2D eigenvalue weighted by atomic mass is 32.2. The maximum absolute atomic E-state index is 13.1. The van der Waals surface area contributed by atoms with Crippen molar-refractivity contribution in [1.82, 2.24) is 14.2 Å². The standard InChI is InChI=1S/C16H19N3O2S/c20-22(21,19-11-10-18-9-3-6-14(18)12-19)15-7-1-4-13-5-2-8-17-16(13)15/h1-2,4-5,7-8,14H,3,6,9-12H2. The highest BCUT2D eigenvalue weighted by Gasteiger charge is 2.36. The highest BCUT2D eigenvalue weighted by Crippen LogP contribution is 2.28. The summed E-state index contributed by atoms with van der Waals surface area (Å²) in [5.41, 5.74) is 0.568. The number of sulfonamides is 1. The molecule has 1 aromatic heterocycles. The number of hydrogen-bond acceptors (Lipinski definition) is 4. The zero-order chi connectivity index (χ0) is 15.2. The van der Waals surface area contributed by atoms with Crippen LogP contribution < -0.4 is 0 Å². The lowest BCUT2D eigenvalue weighted by Crippen LogP contribution is -2.51. The largest absolute Gasteiger partial charge is 0.298 e. The van der Waals surface area contributed by atoms with Crippen LogP contribution in [0.3, 0.4) is 0 Å². The lowest BCUT2D eigenvalue weighted by atomic mass is 10.2. The van der Waals surface area contributed by atoms with E-state index < -0.39 is 10.0 Å². The van der Waals surface area contributed by atoms with E-state index in [1.807, 2.05) is 18.2 Å². The molecule has 0 bridgehead atoms. The van der Waals surface area contributed by atoms with Crippen LogP contribution >= 0.6 is 0 Å². The molecule has 0 aliphatic carbocycles. The normalized spacial score (nSPS) is 23.7. The summed E-state index contributed by atoms with van der Waals surface area (Å²) in [6.45, 7) is 3.12. The predicted molar refractivity (Wildman–Crippen MR) is 85.1 cm³/mol. The lowest BCUT2D eigenvalue weighted by Gasteiger charge is -2.36. The Bertz CT molecular complexity index is 801. The van der Waals surface area contributed by atoms with Crippen molar-refractivity contribution in [3.8, 4) is 0 Å². The number of fused-ring (bicyclic) bond motifs is 2. The molecule has 0 spiro atoms. The summed E-state index contributed by atoms with van der Waals surface area (Å²) in [6.07, 6.45) is 3.92. The van der Waals surface area contributed by atoms with E-state index >= 15 is 0 Å². The average molecular weight is 317 g/mol. The summed E-state index contributed by atoms with van der Waals surface area (Å²) in [7, 11) is -3.48. The van der Waals surface area contributed by atoms with E-state index in [9.17, 15) is 8.42 Å². The lowest BCUT2D eigenvalue weighted by molar-refractivity contribution is 0.158. The second-order valence-electron chi connectivity index (χ2n) is 6.03. The van der Waals surface area contributed by atoms with Crippen molar-refractivity contribution in [3.05, 3.63) is 36.5 Å². The Kier molecular flexibility index (Phi) is 3.40. The van der Waals surface area contributed by atoms with Crippen LogP contribution in [0.4, 0.5) is 0 Å². The van der Waals surface area contributed by atoms with Gasteiger partial charge in [-0.05, 0) is 31.5 Å². The zero-order valence-electron chi connectivity index (χ0n) is 12.4. The molecule has 0 saturated carbocycles. The van der Waals surface area contributed by atoms with Gasteiger partial charge in [0.2, 0.25) is 10.0 Å². The van der Waals surface area contributed by atoms with Crippen LogP contribution in [-0.2, 0) is 10.0 Å². The first-order valence-electron chi connectivity index (χ1n) is 7.74. The second-order valence-corrected chi connectivity index (χ2v) is 7.93. The molecular weight excluding hydrogens is 298 g/mol. The molecule has 22 heavy (non-hydrogen) atoms. The van der Waals surface area contributed by atoms with Gasteiger partial charge in [0.05, 0.1) is 5.52 Å². The van der Waals surface area contributed by atoms with Crippen LogP contribution in [-0.4, -0.2) is 54.8 Å². The molecule has 1 atom stereocenters. The minimum atomic E-state index is -3.48. The molecule has 2 aliphatic rings. The fourth-order valence-corrected chi connectivity index (χ4v) is 5.24. The quantitative estimate of drug-likeness (QED) is 0.846. The Hall–Kier alpha value is -1.50. The number of pyridine rings is 1. The van der Waals surface area contributed by atoms with Gasteiger partial charge in [0.15, 0.2) is 0 Å². The number of piperazine rings is 1. The maximum atomic E-state index is 13.1. The molecule has 0 amide bonds. The second kappa shape index (κ2) is 5.30. The van der Waals surface area contributed by atoms with Gasteiger partial charge in [0.25, 0.3) is 0 Å². The van der Waals surface area contributed by atoms with Crippen LogP contribution in [0.5, 0.6) is 0 Å². The zero-order valence-corrected chi connectivity index (χ0v) is 13.2. The maximum Gasteiger partial charge on any atom is 0.245 e. The molecule has 6 heteroatoms. The Labute approximate surface area is 130 Å². The third-order valence-electron chi connectivity index (χ3n) is 4.76. The molecule has 2 saturated heterocycles. The van der Waals surface area contributed by atoms with E-state index in [1.165, 1.54) is 6.42 Å². The van der Waals surface area contributed by atoms with Gasteiger partial charge in [-0.15, -0.1) is 0 Å². The average Bonchev–Trinajstić information content (AvgIpc) is 3.02. The van der Waals surface area contributed by atoms with Gasteiger partial charge >= 0.3 is 0 Å². The number of aromatic nitrogens is 1. The third-order valence-corrected chi connectivity index (χ3v) is 6.66. The van der Waals surface area contributed by atoms with Crippen LogP contribution in [0.25, 0.3) is 10.9 Å². The minimum absolute atomic E-state index is 0.331. The van der Waals surface area contributed by atoms with Crippen LogP contribution in [0.15, 0.2) is 41.4 Å². The van der Waals surface area contributed by atoms with Gasteiger partial charge in [-0.3, -0.25) is 9.88 Å². The summed E-state index contributed by atoms with van der Waals surface area (Å²) < 4.78 is 27.8. The van der Waals surface area contributed by atoms with Gasteiger partial charge in [-0.2, -0.15) is 4.31 Å². The summed E-state index contributed by atoms with van der Waals surface area (Å²) in [5.74, 6) is 0. The SMILES string of the molecule is O=S(=O)(c1cccc2cccnc12)N1CCN2CCCC2C1. The van der Waals surface area contributed by atoms with E-state index in [1.54, 1.807) is 22.6 Å². The summed E-state index contributed by atoms with van der Waals surface area (Å²) in [6, 6.07) is 9.48. The van der Waals surface area contributed by atoms with E-state index in [0.29, 0.717) is 29.5 Å². The number of benzene rings is 1. The molecule has 2 aliphatic heterocycles. The smallest absolute Gasteiger partial charge is 0.245 e. The molecule has 2 aromatic rings. The highest BCUT2D eigenvalue weighted by molar-refractivity contribution is 7.89. The molecule has 4 rings (SSSR count). The van der Waals surface area contributed by atoms with Crippen molar-refractivity contribution >= 4 is 20.9 Å². The molecule has 3 heterocycles. The fourth-order valence-electron chi connectivity index (χ4n) is 3.60. The van der Waals surface area contributed by atoms with Crippen molar-refractivity contribution in [3.63, 3.8) is 0 Å². The molecule has 1 unspecified atom stereocenters. The van der Waals surface area contributed by atoms with Gasteiger partial charge in [-0.1, -0.05) is 18.2 Å². The van der Waals surface area contributed by atoms with Crippen molar-refractivity contribution in [2.75, 3.05) is 26.2 Å². The summed E-state index contributed by atoms with van der Waals surface area (Å²) in [4.78, 5) is 7.03. The fraction of sp³-hybridized carbons (Fsp3) is 0.438. The Morgan fingerprint density at radius 3 is 2.86 bits per heavy atom. The first kappa shape index (κ1) is 14.1. The first-order chi connectivity index (χ1) is 10.7. The molecule has 0 radical (unpaired) electrons. The molecular formula is C16H19N3O2S. The van der Waals surface area contributed by atoms with E-state index in [-0.39, 0.29) is 0 Å². The minimum Gasteiger partial charge on any atom is -0.298 e. The van der Waals surface area contributed by atoms with Gasteiger partial charge in [0.1, 0.15) is 4.90 Å². The number of hydrogen-bond donors (Lipinski definition) is 0. The van der Waals surface area contributed by atoms with Gasteiger partial charge < -0.3 is 0 Å². The van der Waals surface area contributed by atoms with Gasteiger partial charge in [0, 0.05) is 37.3 Å².